The molecule has 29 heavy (non-hydrogen) atoms. The third kappa shape index (κ3) is 5.29. The molecule has 1 aromatic carbocycles. The van der Waals surface area contributed by atoms with Crippen LogP contribution in [0.15, 0.2) is 42.7 Å². The van der Waals surface area contributed by atoms with E-state index in [-0.39, 0.29) is 12.5 Å². The Morgan fingerprint density at radius 1 is 1.17 bits per heavy atom. The molecule has 1 aliphatic heterocycles. The van der Waals surface area contributed by atoms with Gasteiger partial charge in [-0.3, -0.25) is 9.69 Å². The van der Waals surface area contributed by atoms with Crippen molar-refractivity contribution >= 4 is 33.3 Å². The number of thiophene rings is 1. The molecule has 3 heterocycles. The number of morpholine rings is 1. The predicted molar refractivity (Wildman–Crippen MR) is 116 cm³/mol. The standard InChI is InChI=1S/C21H25N5O2S/c27-19(22-7-4-8-26-9-11-28-12-10-26)14-23-20-17-13-18(16-5-2-1-3-6-16)29-21(17)25-15-24-20/h1-3,5-6,13,15H,4,7-12,14H2,(H,22,27)(H,23,24,25). The Kier molecular flexibility index (Phi) is 6.66. The van der Waals surface area contributed by atoms with Crippen molar-refractivity contribution in [3.63, 3.8) is 0 Å². The molecule has 0 radical (unpaired) electrons. The Hall–Kier alpha value is -2.55. The molecule has 0 saturated carbocycles. The average molecular weight is 412 g/mol. The molecule has 4 rings (SSSR count). The molecule has 2 N–H and O–H groups in total. The van der Waals surface area contributed by atoms with Crippen LogP contribution in [0.2, 0.25) is 0 Å². The van der Waals surface area contributed by atoms with Gasteiger partial charge in [-0.1, -0.05) is 30.3 Å². The van der Waals surface area contributed by atoms with E-state index in [0.29, 0.717) is 12.4 Å². The molecule has 152 valence electrons. The van der Waals surface area contributed by atoms with Crippen molar-refractivity contribution in [1.82, 2.24) is 20.2 Å². The first-order valence-corrected chi connectivity index (χ1v) is 10.7. The summed E-state index contributed by atoms with van der Waals surface area (Å²) < 4.78 is 5.35. The third-order valence-electron chi connectivity index (χ3n) is 4.88. The minimum Gasteiger partial charge on any atom is -0.379 e. The van der Waals surface area contributed by atoms with E-state index in [1.165, 1.54) is 6.33 Å². The van der Waals surface area contributed by atoms with Gasteiger partial charge in [0, 0.05) is 24.5 Å². The van der Waals surface area contributed by atoms with Gasteiger partial charge in [0.05, 0.1) is 25.1 Å². The highest BCUT2D eigenvalue weighted by molar-refractivity contribution is 7.21. The lowest BCUT2D eigenvalue weighted by molar-refractivity contribution is -0.119. The minimum atomic E-state index is -0.0303. The topological polar surface area (TPSA) is 79.4 Å². The van der Waals surface area contributed by atoms with E-state index in [0.717, 1.165) is 59.9 Å². The zero-order valence-electron chi connectivity index (χ0n) is 16.3. The fraction of sp³-hybridized carbons (Fsp3) is 0.381. The fourth-order valence-electron chi connectivity index (χ4n) is 3.32. The molecule has 1 fully saturated rings. The molecule has 0 spiro atoms. The van der Waals surface area contributed by atoms with Gasteiger partial charge in [-0.15, -0.1) is 11.3 Å². The molecule has 0 unspecified atom stereocenters. The van der Waals surface area contributed by atoms with Crippen molar-refractivity contribution in [3.05, 3.63) is 42.7 Å². The fourth-order valence-corrected chi connectivity index (χ4v) is 4.33. The molecular formula is C21H25N5O2S. The number of amides is 1. The molecule has 3 aromatic rings. The zero-order valence-corrected chi connectivity index (χ0v) is 17.1. The van der Waals surface area contributed by atoms with Gasteiger partial charge in [0.1, 0.15) is 17.0 Å². The van der Waals surface area contributed by atoms with E-state index in [2.05, 4.69) is 43.7 Å². The second-order valence-corrected chi connectivity index (χ2v) is 7.96. The molecule has 0 bridgehead atoms. The Labute approximate surface area is 174 Å². The molecule has 1 saturated heterocycles. The second-order valence-electron chi connectivity index (χ2n) is 6.93. The summed E-state index contributed by atoms with van der Waals surface area (Å²) in [5, 5.41) is 7.07. The lowest BCUT2D eigenvalue weighted by Crippen LogP contribution is -2.38. The first-order chi connectivity index (χ1) is 14.3. The second kappa shape index (κ2) is 9.78. The predicted octanol–water partition coefficient (Wildman–Crippen LogP) is 2.61. The van der Waals surface area contributed by atoms with Gasteiger partial charge in [-0.25, -0.2) is 9.97 Å². The third-order valence-corrected chi connectivity index (χ3v) is 5.97. The van der Waals surface area contributed by atoms with Gasteiger partial charge >= 0.3 is 0 Å². The number of nitrogens with zero attached hydrogens (tertiary/aromatic N) is 3. The van der Waals surface area contributed by atoms with E-state index in [9.17, 15) is 4.79 Å². The van der Waals surface area contributed by atoms with Gasteiger partial charge < -0.3 is 15.4 Å². The van der Waals surface area contributed by atoms with Crippen LogP contribution in [0.5, 0.6) is 0 Å². The van der Waals surface area contributed by atoms with E-state index in [4.69, 9.17) is 4.74 Å². The molecule has 7 nitrogen and oxygen atoms in total. The summed E-state index contributed by atoms with van der Waals surface area (Å²) in [5.74, 6) is 0.661. The summed E-state index contributed by atoms with van der Waals surface area (Å²) >= 11 is 1.62. The van der Waals surface area contributed by atoms with Crippen LogP contribution in [0.3, 0.4) is 0 Å². The van der Waals surface area contributed by atoms with Crippen LogP contribution in [-0.4, -0.2) is 66.7 Å². The Balaban J connectivity index is 1.29. The number of carbonyl (C=O) groups is 1. The summed E-state index contributed by atoms with van der Waals surface area (Å²) in [6, 6.07) is 12.3. The number of fused-ring (bicyclic) bond motifs is 1. The summed E-state index contributed by atoms with van der Waals surface area (Å²) in [6.07, 6.45) is 2.48. The van der Waals surface area contributed by atoms with E-state index >= 15 is 0 Å². The molecule has 1 amide bonds. The van der Waals surface area contributed by atoms with Gasteiger partial charge in [0.25, 0.3) is 0 Å². The maximum Gasteiger partial charge on any atom is 0.239 e. The zero-order chi connectivity index (χ0) is 19.9. The number of nitrogens with one attached hydrogen (secondary N) is 2. The van der Waals surface area contributed by atoms with E-state index in [1.54, 1.807) is 11.3 Å². The number of anilines is 1. The molecule has 0 aliphatic carbocycles. The van der Waals surface area contributed by atoms with Crippen LogP contribution < -0.4 is 10.6 Å². The first-order valence-electron chi connectivity index (χ1n) is 9.90. The van der Waals surface area contributed by atoms with Crippen molar-refractivity contribution < 1.29 is 9.53 Å². The van der Waals surface area contributed by atoms with Crippen LogP contribution in [0.25, 0.3) is 20.7 Å². The molecule has 2 aromatic heterocycles. The number of rotatable bonds is 8. The number of aromatic nitrogens is 2. The number of hydrogen-bond donors (Lipinski definition) is 2. The Bertz CT molecular complexity index is 941. The van der Waals surface area contributed by atoms with Crippen molar-refractivity contribution in [2.75, 3.05) is 51.3 Å². The maximum absolute atomic E-state index is 12.2. The summed E-state index contributed by atoms with van der Waals surface area (Å²) in [4.78, 5) is 25.3. The number of benzene rings is 1. The number of carbonyl (C=O) groups excluding carboxylic acids is 1. The van der Waals surface area contributed by atoms with Gasteiger partial charge in [-0.2, -0.15) is 0 Å². The van der Waals surface area contributed by atoms with Crippen molar-refractivity contribution in [2.24, 2.45) is 0 Å². The summed E-state index contributed by atoms with van der Waals surface area (Å²) in [6.45, 7) is 5.42. The van der Waals surface area contributed by atoms with E-state index in [1.807, 2.05) is 18.2 Å². The monoisotopic (exact) mass is 411 g/mol. The highest BCUT2D eigenvalue weighted by Crippen LogP contribution is 2.34. The summed E-state index contributed by atoms with van der Waals surface area (Å²) in [7, 11) is 0. The lowest BCUT2D eigenvalue weighted by Gasteiger charge is -2.26. The lowest BCUT2D eigenvalue weighted by atomic mass is 10.2. The van der Waals surface area contributed by atoms with Gasteiger partial charge in [-0.05, 0) is 24.6 Å². The minimum absolute atomic E-state index is 0.0303. The normalized spacial score (nSPS) is 14.8. The SMILES string of the molecule is O=C(CNc1ncnc2sc(-c3ccccc3)cc12)NCCCN1CCOCC1. The van der Waals surface area contributed by atoms with Crippen LogP contribution in [0.1, 0.15) is 6.42 Å². The Morgan fingerprint density at radius 2 is 2.00 bits per heavy atom. The number of ether oxygens (including phenoxy) is 1. The van der Waals surface area contributed by atoms with E-state index < -0.39 is 0 Å². The molecule has 1 aliphatic rings. The van der Waals surface area contributed by atoms with Crippen molar-refractivity contribution in [3.8, 4) is 10.4 Å². The first kappa shape index (κ1) is 19.8. The maximum atomic E-state index is 12.2. The van der Waals surface area contributed by atoms with Crippen LogP contribution >= 0.6 is 11.3 Å². The van der Waals surface area contributed by atoms with Crippen LogP contribution in [0.4, 0.5) is 5.82 Å². The van der Waals surface area contributed by atoms with Crippen molar-refractivity contribution in [1.29, 1.82) is 0 Å². The summed E-state index contributed by atoms with van der Waals surface area (Å²) in [5.41, 5.74) is 1.15. The highest BCUT2D eigenvalue weighted by atomic mass is 32.1. The smallest absolute Gasteiger partial charge is 0.239 e. The number of hydrogen-bond acceptors (Lipinski definition) is 7. The van der Waals surface area contributed by atoms with Crippen LogP contribution in [-0.2, 0) is 9.53 Å². The van der Waals surface area contributed by atoms with Crippen LogP contribution in [0, 0.1) is 0 Å². The van der Waals surface area contributed by atoms with Gasteiger partial charge in [0.15, 0.2) is 0 Å². The largest absolute Gasteiger partial charge is 0.379 e. The highest BCUT2D eigenvalue weighted by Gasteiger charge is 2.12. The molecule has 8 heteroatoms. The molecule has 0 atom stereocenters. The molecular weight excluding hydrogens is 386 g/mol. The van der Waals surface area contributed by atoms with Crippen molar-refractivity contribution in [2.45, 2.75) is 6.42 Å². The average Bonchev–Trinajstić information content (AvgIpc) is 3.22. The quantitative estimate of drug-likeness (QED) is 0.555. The Morgan fingerprint density at radius 3 is 2.83 bits per heavy atom. The van der Waals surface area contributed by atoms with Gasteiger partial charge in [0.2, 0.25) is 5.91 Å².